The van der Waals surface area contributed by atoms with Crippen LogP contribution in [0.15, 0.2) is 60.9 Å². The van der Waals surface area contributed by atoms with Crippen LogP contribution >= 0.6 is 0 Å². The normalized spacial score (nSPS) is 10.7. The average Bonchev–Trinajstić information content (AvgIpc) is 3.02. The summed E-state index contributed by atoms with van der Waals surface area (Å²) in [6, 6.07) is 13.5. The summed E-state index contributed by atoms with van der Waals surface area (Å²) in [5, 5.41) is 20.1. The summed E-state index contributed by atoms with van der Waals surface area (Å²) in [5.74, 6) is -0.601. The molecule has 0 bridgehead atoms. The number of non-ortho nitro benzene ring substituents is 1. The van der Waals surface area contributed by atoms with Crippen molar-refractivity contribution in [3.63, 3.8) is 0 Å². The molecule has 7 heteroatoms. The number of carbonyl (C=O) groups is 1. The molecule has 26 heavy (non-hydrogen) atoms. The first-order valence-corrected chi connectivity index (χ1v) is 7.66. The summed E-state index contributed by atoms with van der Waals surface area (Å²) in [5.41, 5.74) is 2.27. The number of rotatable bonds is 5. The Morgan fingerprint density at radius 3 is 2.92 bits per heavy atom. The molecule has 0 aliphatic carbocycles. The van der Waals surface area contributed by atoms with Gasteiger partial charge in [-0.3, -0.25) is 10.1 Å². The second-order valence-corrected chi connectivity index (χ2v) is 5.43. The number of nitro groups is 1. The molecule has 0 saturated heterocycles. The first kappa shape index (κ1) is 16.9. The van der Waals surface area contributed by atoms with Crippen molar-refractivity contribution in [2.45, 2.75) is 6.61 Å². The molecule has 0 aliphatic rings. The number of fused-ring (bicyclic) bond motifs is 1. The first-order valence-electron chi connectivity index (χ1n) is 7.66. The Balaban J connectivity index is 1.69. The van der Waals surface area contributed by atoms with E-state index >= 15 is 0 Å². The maximum Gasteiger partial charge on any atom is 0.331 e. The summed E-state index contributed by atoms with van der Waals surface area (Å²) in [4.78, 5) is 22.1. The number of hydrogen-bond donors (Lipinski definition) is 0. The number of nitro benzene ring substituents is 1. The number of benzene rings is 1. The van der Waals surface area contributed by atoms with Crippen LogP contribution in [-0.4, -0.2) is 15.3 Å². The highest BCUT2D eigenvalue weighted by Gasteiger charge is 2.11. The molecule has 0 spiro atoms. The zero-order chi connectivity index (χ0) is 18.5. The van der Waals surface area contributed by atoms with Crippen molar-refractivity contribution < 1.29 is 14.5 Å². The van der Waals surface area contributed by atoms with Crippen LogP contribution < -0.4 is 0 Å². The predicted octanol–water partition coefficient (Wildman–Crippen LogP) is 3.48. The SMILES string of the molecule is N#Cc1c(COC(=O)/C=C/c2cccc([N+](=O)[O-])c2)cn2ccccc12. The second kappa shape index (κ2) is 7.32. The van der Waals surface area contributed by atoms with Crippen LogP contribution in [0.4, 0.5) is 5.69 Å². The van der Waals surface area contributed by atoms with E-state index in [-0.39, 0.29) is 12.3 Å². The van der Waals surface area contributed by atoms with Crippen LogP contribution in [0.3, 0.4) is 0 Å². The van der Waals surface area contributed by atoms with E-state index in [1.54, 1.807) is 16.7 Å². The van der Waals surface area contributed by atoms with Gasteiger partial charge in [-0.15, -0.1) is 0 Å². The van der Waals surface area contributed by atoms with Crippen molar-refractivity contribution >= 4 is 23.2 Å². The second-order valence-electron chi connectivity index (χ2n) is 5.43. The summed E-state index contributed by atoms with van der Waals surface area (Å²) in [6.07, 6.45) is 6.19. The zero-order valence-corrected chi connectivity index (χ0v) is 13.5. The van der Waals surface area contributed by atoms with Gasteiger partial charge in [0.05, 0.1) is 16.0 Å². The summed E-state index contributed by atoms with van der Waals surface area (Å²) >= 11 is 0. The standard InChI is InChI=1S/C19H13N3O4/c20-11-17-15(12-21-9-2-1-6-18(17)21)13-26-19(23)8-7-14-4-3-5-16(10-14)22(24)25/h1-10,12H,13H2/b8-7+. The zero-order valence-electron chi connectivity index (χ0n) is 13.5. The Bertz CT molecular complexity index is 1060. The fraction of sp³-hybridized carbons (Fsp3) is 0.0526. The molecular formula is C19H13N3O4. The number of nitrogens with zero attached hydrogens (tertiary/aromatic N) is 3. The number of ether oxygens (including phenoxy) is 1. The highest BCUT2D eigenvalue weighted by Crippen LogP contribution is 2.19. The Hall–Kier alpha value is -3.92. The third-order valence-corrected chi connectivity index (χ3v) is 3.74. The monoisotopic (exact) mass is 347 g/mol. The Kier molecular flexibility index (Phi) is 4.76. The van der Waals surface area contributed by atoms with Crippen LogP contribution in [0.2, 0.25) is 0 Å². The fourth-order valence-corrected chi connectivity index (χ4v) is 2.52. The molecule has 7 nitrogen and oxygen atoms in total. The largest absolute Gasteiger partial charge is 0.458 e. The van der Waals surface area contributed by atoms with E-state index in [0.29, 0.717) is 16.7 Å². The number of aromatic nitrogens is 1. The molecule has 2 heterocycles. The van der Waals surface area contributed by atoms with Crippen molar-refractivity contribution in [3.8, 4) is 6.07 Å². The summed E-state index contributed by atoms with van der Waals surface area (Å²) in [6.45, 7) is -0.0390. The highest BCUT2D eigenvalue weighted by atomic mass is 16.6. The fourth-order valence-electron chi connectivity index (χ4n) is 2.52. The molecule has 128 valence electrons. The van der Waals surface area contributed by atoms with Gasteiger partial charge in [0.15, 0.2) is 0 Å². The van der Waals surface area contributed by atoms with Crippen LogP contribution in [0.1, 0.15) is 16.7 Å². The molecule has 3 aromatic rings. The number of nitriles is 1. The van der Waals surface area contributed by atoms with Crippen molar-refractivity contribution in [2.24, 2.45) is 0 Å². The van der Waals surface area contributed by atoms with E-state index in [2.05, 4.69) is 6.07 Å². The van der Waals surface area contributed by atoms with Gasteiger partial charge in [0.25, 0.3) is 5.69 Å². The van der Waals surface area contributed by atoms with Gasteiger partial charge in [-0.2, -0.15) is 5.26 Å². The lowest BCUT2D eigenvalue weighted by Crippen LogP contribution is -2.01. The smallest absolute Gasteiger partial charge is 0.331 e. The Labute approximate surface area is 148 Å². The molecule has 0 saturated carbocycles. The molecule has 0 amide bonds. The van der Waals surface area contributed by atoms with Gasteiger partial charge in [0, 0.05) is 36.2 Å². The lowest BCUT2D eigenvalue weighted by atomic mass is 10.2. The number of carbonyl (C=O) groups excluding carboxylic acids is 1. The number of pyridine rings is 1. The Morgan fingerprint density at radius 1 is 1.31 bits per heavy atom. The van der Waals surface area contributed by atoms with E-state index in [1.165, 1.54) is 30.4 Å². The van der Waals surface area contributed by atoms with Gasteiger partial charge in [-0.25, -0.2) is 4.79 Å². The Morgan fingerprint density at radius 2 is 2.15 bits per heavy atom. The number of hydrogen-bond acceptors (Lipinski definition) is 5. The van der Waals surface area contributed by atoms with E-state index in [0.717, 1.165) is 5.52 Å². The lowest BCUT2D eigenvalue weighted by molar-refractivity contribution is -0.384. The minimum Gasteiger partial charge on any atom is -0.458 e. The number of esters is 1. The molecule has 0 fully saturated rings. The lowest BCUT2D eigenvalue weighted by Gasteiger charge is -2.00. The van der Waals surface area contributed by atoms with Crippen LogP contribution in [0.5, 0.6) is 0 Å². The van der Waals surface area contributed by atoms with E-state index < -0.39 is 10.9 Å². The molecular weight excluding hydrogens is 334 g/mol. The molecule has 0 aliphatic heterocycles. The van der Waals surface area contributed by atoms with Gasteiger partial charge < -0.3 is 9.14 Å². The third kappa shape index (κ3) is 3.60. The van der Waals surface area contributed by atoms with Crippen molar-refractivity contribution in [3.05, 3.63) is 87.7 Å². The topological polar surface area (TPSA) is 97.6 Å². The van der Waals surface area contributed by atoms with E-state index in [9.17, 15) is 20.2 Å². The first-order chi connectivity index (χ1) is 12.6. The summed E-state index contributed by atoms with van der Waals surface area (Å²) in [7, 11) is 0. The minimum atomic E-state index is -0.601. The molecule has 0 unspecified atom stereocenters. The molecule has 0 radical (unpaired) electrons. The van der Waals surface area contributed by atoms with Gasteiger partial charge in [0.1, 0.15) is 12.7 Å². The van der Waals surface area contributed by atoms with Gasteiger partial charge in [-0.05, 0) is 23.8 Å². The van der Waals surface area contributed by atoms with Crippen molar-refractivity contribution in [1.82, 2.24) is 4.40 Å². The quantitative estimate of drug-likeness (QED) is 0.305. The predicted molar refractivity (Wildman–Crippen MR) is 94.0 cm³/mol. The third-order valence-electron chi connectivity index (χ3n) is 3.74. The van der Waals surface area contributed by atoms with E-state index in [4.69, 9.17) is 4.74 Å². The van der Waals surface area contributed by atoms with Gasteiger partial charge in [0.2, 0.25) is 0 Å². The maximum absolute atomic E-state index is 11.9. The van der Waals surface area contributed by atoms with Crippen molar-refractivity contribution in [2.75, 3.05) is 0 Å². The maximum atomic E-state index is 11.9. The molecule has 0 N–H and O–H groups in total. The van der Waals surface area contributed by atoms with Gasteiger partial charge in [-0.1, -0.05) is 18.2 Å². The molecule has 2 aromatic heterocycles. The highest BCUT2D eigenvalue weighted by molar-refractivity contribution is 5.87. The summed E-state index contributed by atoms with van der Waals surface area (Å²) < 4.78 is 6.97. The molecule has 1 aromatic carbocycles. The van der Waals surface area contributed by atoms with Crippen LogP contribution in [-0.2, 0) is 16.1 Å². The minimum absolute atomic E-state index is 0.0390. The molecule has 0 atom stereocenters. The van der Waals surface area contributed by atoms with Gasteiger partial charge >= 0.3 is 5.97 Å². The average molecular weight is 347 g/mol. The molecule has 3 rings (SSSR count). The van der Waals surface area contributed by atoms with Crippen LogP contribution in [0, 0.1) is 21.4 Å². The van der Waals surface area contributed by atoms with E-state index in [1.807, 2.05) is 24.4 Å². The van der Waals surface area contributed by atoms with Crippen molar-refractivity contribution in [1.29, 1.82) is 5.26 Å². The van der Waals surface area contributed by atoms with Crippen LogP contribution in [0.25, 0.3) is 11.6 Å².